The molecule has 0 bridgehead atoms. The maximum Gasteiger partial charge on any atom is 0.263 e. The van der Waals surface area contributed by atoms with Crippen molar-refractivity contribution in [3.63, 3.8) is 0 Å². The summed E-state index contributed by atoms with van der Waals surface area (Å²) in [5.41, 5.74) is 4.07. The molecule has 4 nitrogen and oxygen atoms in total. The molecular formula is C22H15N3OS. The van der Waals surface area contributed by atoms with E-state index in [1.165, 1.54) is 11.3 Å². The Labute approximate surface area is 160 Å². The first kappa shape index (κ1) is 17.0. The van der Waals surface area contributed by atoms with E-state index in [-0.39, 0.29) is 5.56 Å². The predicted octanol–water partition coefficient (Wildman–Crippen LogP) is 4.81. The van der Waals surface area contributed by atoms with E-state index in [2.05, 4.69) is 11.1 Å². The van der Waals surface area contributed by atoms with Crippen LogP contribution in [-0.4, -0.2) is 9.55 Å². The summed E-state index contributed by atoms with van der Waals surface area (Å²) >= 11 is 1.51. The summed E-state index contributed by atoms with van der Waals surface area (Å²) in [5.74, 6) is 0. The molecule has 0 aliphatic heterocycles. The van der Waals surface area contributed by atoms with Gasteiger partial charge in [-0.25, -0.2) is 0 Å². The van der Waals surface area contributed by atoms with E-state index in [0.29, 0.717) is 16.7 Å². The van der Waals surface area contributed by atoms with Crippen molar-refractivity contribution in [2.75, 3.05) is 0 Å². The van der Waals surface area contributed by atoms with Gasteiger partial charge in [-0.05, 0) is 48.2 Å². The number of benzene rings is 1. The smallest absolute Gasteiger partial charge is 0.263 e. The van der Waals surface area contributed by atoms with Crippen LogP contribution in [0.15, 0.2) is 77.2 Å². The topological polar surface area (TPSA) is 58.7 Å². The number of pyridine rings is 2. The fourth-order valence-corrected chi connectivity index (χ4v) is 3.93. The number of rotatable bonds is 3. The average molecular weight is 369 g/mol. The zero-order chi connectivity index (χ0) is 18.8. The first-order valence-electron chi connectivity index (χ1n) is 8.41. The van der Waals surface area contributed by atoms with Gasteiger partial charge in [0.1, 0.15) is 5.00 Å². The molecule has 0 atom stereocenters. The van der Waals surface area contributed by atoms with Crippen molar-refractivity contribution in [3.05, 3.63) is 93.9 Å². The Bertz CT molecular complexity index is 1220. The molecule has 4 rings (SSSR count). The lowest BCUT2D eigenvalue weighted by Crippen LogP contribution is -2.20. The van der Waals surface area contributed by atoms with Gasteiger partial charge in [-0.3, -0.25) is 14.3 Å². The molecule has 27 heavy (non-hydrogen) atoms. The fraction of sp³-hybridized carbons (Fsp3) is 0.0455. The lowest BCUT2D eigenvalue weighted by atomic mass is 9.99. The van der Waals surface area contributed by atoms with Crippen molar-refractivity contribution in [1.29, 1.82) is 5.26 Å². The molecule has 0 fully saturated rings. The Balaban J connectivity index is 2.06. The standard InChI is InChI=1S/C22H15N3OS/c1-15-9-11-27-22(15)25-14-17(20-8-4-5-10-24-20)12-19(21(25)26)18-7-3-2-6-16(18)13-23/h2-12,14H,1H3. The van der Waals surface area contributed by atoms with Gasteiger partial charge in [0.05, 0.1) is 17.3 Å². The van der Waals surface area contributed by atoms with Gasteiger partial charge in [0, 0.05) is 29.1 Å². The molecule has 3 heterocycles. The van der Waals surface area contributed by atoms with Crippen LogP contribution in [0.3, 0.4) is 0 Å². The van der Waals surface area contributed by atoms with Crippen molar-refractivity contribution < 1.29 is 0 Å². The first-order chi connectivity index (χ1) is 13.2. The van der Waals surface area contributed by atoms with E-state index in [4.69, 9.17) is 0 Å². The third-order valence-corrected chi connectivity index (χ3v) is 5.38. The average Bonchev–Trinajstić information content (AvgIpc) is 3.14. The number of thiophene rings is 1. The van der Waals surface area contributed by atoms with Crippen LogP contribution < -0.4 is 5.56 Å². The van der Waals surface area contributed by atoms with Gasteiger partial charge in [0.15, 0.2) is 0 Å². The minimum Gasteiger partial charge on any atom is -0.274 e. The Morgan fingerprint density at radius 2 is 1.89 bits per heavy atom. The molecule has 0 N–H and O–H groups in total. The van der Waals surface area contributed by atoms with Crippen LogP contribution in [0, 0.1) is 18.3 Å². The van der Waals surface area contributed by atoms with Gasteiger partial charge < -0.3 is 0 Å². The van der Waals surface area contributed by atoms with Gasteiger partial charge in [0.25, 0.3) is 5.56 Å². The number of hydrogen-bond acceptors (Lipinski definition) is 4. The Kier molecular flexibility index (Phi) is 4.41. The highest BCUT2D eigenvalue weighted by Crippen LogP contribution is 2.28. The van der Waals surface area contributed by atoms with E-state index in [1.54, 1.807) is 22.9 Å². The van der Waals surface area contributed by atoms with Gasteiger partial charge in [-0.1, -0.05) is 24.3 Å². The molecule has 5 heteroatoms. The normalized spacial score (nSPS) is 10.5. The molecular weight excluding hydrogens is 354 g/mol. The van der Waals surface area contributed by atoms with E-state index < -0.39 is 0 Å². The van der Waals surface area contributed by atoms with Crippen LogP contribution in [0.4, 0.5) is 0 Å². The maximum atomic E-state index is 13.3. The molecule has 1 aromatic carbocycles. The lowest BCUT2D eigenvalue weighted by molar-refractivity contribution is 1.01. The highest BCUT2D eigenvalue weighted by molar-refractivity contribution is 7.12. The molecule has 0 saturated carbocycles. The zero-order valence-corrected chi connectivity index (χ0v) is 15.4. The van der Waals surface area contributed by atoms with Crippen LogP contribution >= 0.6 is 11.3 Å². The van der Waals surface area contributed by atoms with Gasteiger partial charge in [0.2, 0.25) is 0 Å². The summed E-state index contributed by atoms with van der Waals surface area (Å²) in [6.45, 7) is 1.98. The number of aryl methyl sites for hydroxylation is 1. The quantitative estimate of drug-likeness (QED) is 0.521. The fourth-order valence-electron chi connectivity index (χ4n) is 3.03. The molecule has 0 aliphatic rings. The number of aromatic nitrogens is 2. The van der Waals surface area contributed by atoms with Gasteiger partial charge >= 0.3 is 0 Å². The third-order valence-electron chi connectivity index (χ3n) is 4.37. The van der Waals surface area contributed by atoms with Crippen LogP contribution in [-0.2, 0) is 0 Å². The van der Waals surface area contributed by atoms with Crippen molar-refractivity contribution >= 4 is 11.3 Å². The summed E-state index contributed by atoms with van der Waals surface area (Å²) in [6.07, 6.45) is 3.55. The summed E-state index contributed by atoms with van der Waals surface area (Å²) in [4.78, 5) is 17.7. The van der Waals surface area contributed by atoms with E-state index in [1.807, 2.05) is 61.0 Å². The molecule has 0 unspecified atom stereocenters. The van der Waals surface area contributed by atoms with Crippen LogP contribution in [0.25, 0.3) is 27.4 Å². The largest absolute Gasteiger partial charge is 0.274 e. The summed E-state index contributed by atoms with van der Waals surface area (Å²) < 4.78 is 1.66. The monoisotopic (exact) mass is 369 g/mol. The minimum atomic E-state index is -0.150. The SMILES string of the molecule is Cc1ccsc1-n1cc(-c2ccccn2)cc(-c2ccccc2C#N)c1=O. The van der Waals surface area contributed by atoms with Crippen molar-refractivity contribution in [1.82, 2.24) is 9.55 Å². The Morgan fingerprint density at radius 1 is 1.07 bits per heavy atom. The molecule has 0 spiro atoms. The van der Waals surface area contributed by atoms with E-state index in [0.717, 1.165) is 21.8 Å². The first-order valence-corrected chi connectivity index (χ1v) is 9.29. The summed E-state index contributed by atoms with van der Waals surface area (Å²) in [5, 5.41) is 12.3. The highest BCUT2D eigenvalue weighted by atomic mass is 32.1. The van der Waals surface area contributed by atoms with Crippen molar-refractivity contribution in [2.45, 2.75) is 6.92 Å². The summed E-state index contributed by atoms with van der Waals surface area (Å²) in [7, 11) is 0. The van der Waals surface area contributed by atoms with Crippen molar-refractivity contribution in [2.24, 2.45) is 0 Å². The highest BCUT2D eigenvalue weighted by Gasteiger charge is 2.16. The predicted molar refractivity (Wildman–Crippen MR) is 108 cm³/mol. The number of hydrogen-bond donors (Lipinski definition) is 0. The number of nitrogens with zero attached hydrogens (tertiary/aromatic N) is 3. The van der Waals surface area contributed by atoms with Crippen LogP contribution in [0.2, 0.25) is 0 Å². The van der Waals surface area contributed by atoms with Crippen LogP contribution in [0.5, 0.6) is 0 Å². The maximum absolute atomic E-state index is 13.3. The van der Waals surface area contributed by atoms with Crippen molar-refractivity contribution in [3.8, 4) is 33.5 Å². The second-order valence-electron chi connectivity index (χ2n) is 6.10. The second kappa shape index (κ2) is 7.02. The van der Waals surface area contributed by atoms with E-state index in [9.17, 15) is 10.1 Å². The molecule has 4 aromatic rings. The minimum absolute atomic E-state index is 0.150. The molecule has 0 aliphatic carbocycles. The lowest BCUT2D eigenvalue weighted by Gasteiger charge is -2.12. The van der Waals surface area contributed by atoms with E-state index >= 15 is 0 Å². The third kappa shape index (κ3) is 3.07. The number of nitriles is 1. The summed E-state index contributed by atoms with van der Waals surface area (Å²) in [6, 6.07) is 18.8. The van der Waals surface area contributed by atoms with Gasteiger partial charge in [-0.2, -0.15) is 5.26 Å². The molecule has 0 amide bonds. The molecule has 130 valence electrons. The molecule has 0 saturated heterocycles. The second-order valence-corrected chi connectivity index (χ2v) is 6.99. The molecule has 3 aromatic heterocycles. The zero-order valence-electron chi connectivity index (χ0n) is 14.6. The Hall–Kier alpha value is -3.49. The van der Waals surface area contributed by atoms with Crippen LogP contribution in [0.1, 0.15) is 11.1 Å². The Morgan fingerprint density at radius 3 is 2.59 bits per heavy atom. The molecule has 0 radical (unpaired) electrons. The van der Waals surface area contributed by atoms with Gasteiger partial charge in [-0.15, -0.1) is 11.3 Å².